The lowest BCUT2D eigenvalue weighted by Crippen LogP contribution is -2.61. The number of benzene rings is 23. The Bertz CT molecular complexity index is 7660. The van der Waals surface area contributed by atoms with Crippen LogP contribution in [0.25, 0.3) is 177 Å². The molecule has 0 bridgehead atoms. The number of rotatable bonds is 17. The first-order valence-corrected chi connectivity index (χ1v) is 46.6. The molecule has 0 aliphatic carbocycles. The minimum absolute atomic E-state index is 0.289. The lowest BCUT2D eigenvalue weighted by atomic mass is 9.33. The van der Waals surface area contributed by atoms with E-state index in [0.717, 1.165) is 140 Å². The van der Waals surface area contributed by atoms with Crippen LogP contribution in [0.2, 0.25) is 0 Å². The maximum Gasteiger partial charge on any atom is 0.252 e. The van der Waals surface area contributed by atoms with Crippen molar-refractivity contribution in [1.82, 2.24) is 0 Å². The predicted molar refractivity (Wildman–Crippen MR) is 570 cm³/mol. The van der Waals surface area contributed by atoms with E-state index in [1.165, 1.54) is 104 Å². The van der Waals surface area contributed by atoms with E-state index < -0.39 is 0 Å². The topological polar surface area (TPSA) is 6.48 Å². The molecule has 0 saturated heterocycles. The average molecular weight is 1700 g/mol. The fourth-order valence-electron chi connectivity index (χ4n) is 22.0. The number of fused-ring (bicyclic) bond motifs is 8. The van der Waals surface area contributed by atoms with Gasteiger partial charge in [0, 0.05) is 50.9 Å². The molecule has 0 saturated carbocycles. The minimum Gasteiger partial charge on any atom is -0.310 e. The molecule has 0 radical (unpaired) electrons. The van der Waals surface area contributed by atoms with Crippen molar-refractivity contribution in [2.24, 2.45) is 0 Å². The van der Waals surface area contributed by atoms with Gasteiger partial charge in [-0.25, -0.2) is 0 Å². The highest BCUT2D eigenvalue weighted by Gasteiger charge is 2.47. The first kappa shape index (κ1) is 79.0. The van der Waals surface area contributed by atoms with Gasteiger partial charge in [-0.15, -0.1) is 0 Å². The lowest BCUT2D eigenvalue weighted by Gasteiger charge is -2.46. The highest BCUT2D eigenvalue weighted by atomic mass is 15.2. The van der Waals surface area contributed by atoms with E-state index in [4.69, 9.17) is 0 Å². The number of anilines is 6. The summed E-state index contributed by atoms with van der Waals surface area (Å²) >= 11 is 0. The molecule has 0 aromatic heterocycles. The predicted octanol–water partition coefficient (Wildman–Crippen LogP) is 33.6. The van der Waals surface area contributed by atoms with Gasteiger partial charge >= 0.3 is 0 Å². The molecule has 2 aliphatic heterocycles. The van der Waals surface area contributed by atoms with E-state index in [0.29, 0.717) is 0 Å². The third-order valence-corrected chi connectivity index (χ3v) is 27.9. The summed E-state index contributed by atoms with van der Waals surface area (Å²) in [6.07, 6.45) is 0. The molecule has 23 aromatic carbocycles. The zero-order valence-corrected chi connectivity index (χ0v) is 73.7. The number of nitrogens with zero attached hydrogens (tertiary/aromatic N) is 2. The molecule has 2 heterocycles. The van der Waals surface area contributed by atoms with Crippen molar-refractivity contribution in [3.05, 3.63) is 538 Å². The SMILES string of the molecule is c1ccc(-c2cccc(-c3cccc(-c4cccc(-c5ccccc5)c4)c3N3c4cc(-c5c6ccccc6c(-c6ccccc6)c6ccccc56)ccc4B4c5ccc(-c6c7ccccc7c(-c7ccccc7)c7ccccc67)cc5N(c5c(-c6cccc(-c7ccccc7)c6)cccc5-c5cccc(-c6ccccc6)c5)c5cc(C(c6ccccc6)c6ccccc6)cc3c54)c2)cc1. The molecule has 624 valence electrons. The van der Waals surface area contributed by atoms with Crippen molar-refractivity contribution in [1.29, 1.82) is 0 Å². The molecule has 0 amide bonds. The second-order valence-electron chi connectivity index (χ2n) is 35.5. The van der Waals surface area contributed by atoms with Crippen LogP contribution >= 0.6 is 0 Å². The summed E-state index contributed by atoms with van der Waals surface area (Å²) < 4.78 is 0. The maximum atomic E-state index is 2.77. The molecule has 0 atom stereocenters. The van der Waals surface area contributed by atoms with Crippen LogP contribution in [0, 0.1) is 0 Å². The van der Waals surface area contributed by atoms with E-state index in [-0.39, 0.29) is 12.6 Å². The second-order valence-corrected chi connectivity index (χ2v) is 35.5. The van der Waals surface area contributed by atoms with Crippen LogP contribution in [0.4, 0.5) is 34.1 Å². The highest BCUT2D eigenvalue weighted by molar-refractivity contribution is 7.00. The Kier molecular flexibility index (Phi) is 19.9. The molecular weight excluding hydrogens is 1610 g/mol. The Balaban J connectivity index is 0.870. The van der Waals surface area contributed by atoms with Gasteiger partial charge < -0.3 is 9.80 Å². The quantitative estimate of drug-likeness (QED) is 0.0509. The van der Waals surface area contributed by atoms with E-state index in [1.54, 1.807) is 0 Å². The smallest absolute Gasteiger partial charge is 0.252 e. The minimum atomic E-state index is -0.388. The zero-order valence-electron chi connectivity index (χ0n) is 73.7. The molecule has 0 N–H and O–H groups in total. The van der Waals surface area contributed by atoms with E-state index in [2.05, 4.69) is 532 Å². The van der Waals surface area contributed by atoms with Gasteiger partial charge in [-0.05, 0) is 236 Å². The monoisotopic (exact) mass is 1700 g/mol. The van der Waals surface area contributed by atoms with Crippen LogP contribution in [0.5, 0.6) is 0 Å². The average Bonchev–Trinajstić information content (AvgIpc) is 0.684. The van der Waals surface area contributed by atoms with Crippen molar-refractivity contribution in [3.8, 4) is 134 Å². The Labute approximate surface area is 782 Å². The highest BCUT2D eigenvalue weighted by Crippen LogP contribution is 2.57. The van der Waals surface area contributed by atoms with Crippen LogP contribution < -0.4 is 26.2 Å². The van der Waals surface area contributed by atoms with Gasteiger partial charge in [0.2, 0.25) is 0 Å². The lowest BCUT2D eigenvalue weighted by molar-refractivity contribution is 0.976. The fourth-order valence-corrected chi connectivity index (χ4v) is 22.0. The number of hydrogen-bond acceptors (Lipinski definition) is 2. The first-order valence-electron chi connectivity index (χ1n) is 46.6. The number of para-hydroxylation sites is 2. The Hall–Kier alpha value is -17.2. The molecule has 2 aliphatic rings. The summed E-state index contributed by atoms with van der Waals surface area (Å²) in [6, 6.07) is 197. The van der Waals surface area contributed by atoms with Crippen molar-refractivity contribution < 1.29 is 0 Å². The van der Waals surface area contributed by atoms with Crippen molar-refractivity contribution in [2.75, 3.05) is 9.80 Å². The van der Waals surface area contributed by atoms with E-state index in [1.807, 2.05) is 0 Å². The van der Waals surface area contributed by atoms with Crippen LogP contribution in [0.1, 0.15) is 22.6 Å². The Morgan fingerprint density at radius 1 is 0.149 bits per heavy atom. The molecule has 23 aromatic rings. The van der Waals surface area contributed by atoms with Gasteiger partial charge in [-0.3, -0.25) is 0 Å². The summed E-state index contributed by atoms with van der Waals surface area (Å²) in [5.41, 5.74) is 40.8. The molecule has 0 fully saturated rings. The maximum absolute atomic E-state index is 2.77. The third-order valence-electron chi connectivity index (χ3n) is 27.9. The van der Waals surface area contributed by atoms with Crippen LogP contribution in [0.15, 0.2) is 522 Å². The summed E-state index contributed by atoms with van der Waals surface area (Å²) in [6.45, 7) is -0.388. The van der Waals surface area contributed by atoms with Gasteiger partial charge in [0.05, 0.1) is 11.4 Å². The van der Waals surface area contributed by atoms with Crippen LogP contribution in [-0.2, 0) is 0 Å². The summed E-state index contributed by atoms with van der Waals surface area (Å²) in [4.78, 5) is 5.54. The molecule has 25 rings (SSSR count). The molecular formula is C131H87BN2. The molecule has 0 spiro atoms. The summed E-state index contributed by atoms with van der Waals surface area (Å²) in [7, 11) is 0. The van der Waals surface area contributed by atoms with Gasteiger partial charge in [0.1, 0.15) is 0 Å². The molecule has 2 nitrogen and oxygen atoms in total. The van der Waals surface area contributed by atoms with Crippen molar-refractivity contribution >= 4 is 100 Å². The normalized spacial score (nSPS) is 12.1. The summed E-state index contributed by atoms with van der Waals surface area (Å²) in [5, 5.41) is 9.53. The van der Waals surface area contributed by atoms with E-state index in [9.17, 15) is 0 Å². The van der Waals surface area contributed by atoms with Gasteiger partial charge in [0.15, 0.2) is 0 Å². The Morgan fingerprint density at radius 3 is 0.649 bits per heavy atom. The van der Waals surface area contributed by atoms with Gasteiger partial charge in [-0.1, -0.05) is 473 Å². The fraction of sp³-hybridized carbons (Fsp3) is 0.00763. The van der Waals surface area contributed by atoms with Crippen molar-refractivity contribution in [3.63, 3.8) is 0 Å². The van der Waals surface area contributed by atoms with Crippen LogP contribution in [-0.4, -0.2) is 6.71 Å². The summed E-state index contributed by atoms with van der Waals surface area (Å²) in [5.74, 6) is -0.289. The first-order chi connectivity index (χ1) is 66.5. The molecule has 0 unspecified atom stereocenters. The van der Waals surface area contributed by atoms with Crippen molar-refractivity contribution in [2.45, 2.75) is 5.92 Å². The zero-order chi connectivity index (χ0) is 88.5. The van der Waals surface area contributed by atoms with Gasteiger partial charge in [-0.2, -0.15) is 0 Å². The number of hydrogen-bond donors (Lipinski definition) is 0. The largest absolute Gasteiger partial charge is 0.310 e. The van der Waals surface area contributed by atoms with E-state index >= 15 is 0 Å². The standard InChI is InChI=1S/C131H87BN2/c1-9-39-87(40-10-1)95-55-33-59-99(79-95)106-71-37-72-107(100-60-34-56-96(80-100)88-41-11-2-12-42-88)130(106)133-120-83-103(127-114-67-29-25-63-110(114)125(93-51-21-7-22-52-93)111-64-26-30-68-115(111)127)75-77-118(120)132-119-78-76-104(128-116-69-31-27-65-112(116)126(94-53-23-8-24-54-94)113-66-28-32-70-117(113)128)84-121(119)134(123-86-105(85-122(133)129(123)132)124(91-47-17-5-18-48-91)92-49-19-6-20-50-92)131-108(101-61-35-57-97(81-101)89-43-13-3-14-44-89)73-38-74-109(131)102-62-36-58-98(82-102)90-45-15-4-16-46-90/h1-86,124H. The third kappa shape index (κ3) is 13.7. The van der Waals surface area contributed by atoms with Crippen LogP contribution in [0.3, 0.4) is 0 Å². The van der Waals surface area contributed by atoms with Gasteiger partial charge in [0.25, 0.3) is 6.71 Å². The second kappa shape index (κ2) is 33.7. The molecule has 3 heteroatoms. The Morgan fingerprint density at radius 2 is 0.373 bits per heavy atom. The molecule has 134 heavy (non-hydrogen) atoms.